The number of aryl methyl sites for hydroxylation is 1. The van der Waals surface area contributed by atoms with Gasteiger partial charge in [0.1, 0.15) is 0 Å². The molecule has 0 unspecified atom stereocenters. The largest absolute Gasteiger partial charge is 0.317 e. The number of hydrogen-bond acceptors (Lipinski definition) is 1. The summed E-state index contributed by atoms with van der Waals surface area (Å²) in [7, 11) is 0. The van der Waals surface area contributed by atoms with E-state index >= 15 is 0 Å². The van der Waals surface area contributed by atoms with Crippen LogP contribution in [-0.2, 0) is 12.8 Å². The summed E-state index contributed by atoms with van der Waals surface area (Å²) < 4.78 is 0. The average Bonchev–Trinajstić information content (AvgIpc) is 2.36. The maximum Gasteiger partial charge on any atom is -0.00143 e. The van der Waals surface area contributed by atoms with Crippen molar-refractivity contribution < 1.29 is 0 Å². The highest BCUT2D eigenvalue weighted by Gasteiger charge is 1.95. The van der Waals surface area contributed by atoms with E-state index in [4.69, 9.17) is 0 Å². The van der Waals surface area contributed by atoms with Gasteiger partial charge in [-0.05, 0) is 50.4 Å². The van der Waals surface area contributed by atoms with Crippen molar-refractivity contribution >= 4 is 0 Å². The zero-order chi connectivity index (χ0) is 12.5. The summed E-state index contributed by atoms with van der Waals surface area (Å²) in [5.74, 6) is 0. The van der Waals surface area contributed by atoms with Crippen LogP contribution in [0.3, 0.4) is 0 Å². The van der Waals surface area contributed by atoms with Gasteiger partial charge in [0.25, 0.3) is 0 Å². The van der Waals surface area contributed by atoms with Crippen molar-refractivity contribution in [3.8, 4) is 0 Å². The van der Waals surface area contributed by atoms with Crippen molar-refractivity contribution in [2.75, 3.05) is 13.1 Å². The molecule has 0 aliphatic heterocycles. The molecule has 0 aliphatic rings. The standard InChI is InChI=1S/C16H25N/c1-4-15-8-10-16(11-9-15)13-14(3)7-6-12-17-5-2/h7-11,17H,4-6,12-13H2,1-3H3. The van der Waals surface area contributed by atoms with Crippen molar-refractivity contribution in [2.24, 2.45) is 0 Å². The molecule has 0 bridgehead atoms. The fourth-order valence-electron chi connectivity index (χ4n) is 1.88. The highest BCUT2D eigenvalue weighted by molar-refractivity contribution is 5.25. The van der Waals surface area contributed by atoms with Crippen LogP contribution in [0, 0.1) is 0 Å². The van der Waals surface area contributed by atoms with Crippen molar-refractivity contribution in [1.82, 2.24) is 5.32 Å². The first kappa shape index (κ1) is 14.0. The van der Waals surface area contributed by atoms with Gasteiger partial charge in [0.15, 0.2) is 0 Å². The number of hydrogen-bond donors (Lipinski definition) is 1. The monoisotopic (exact) mass is 231 g/mol. The number of allylic oxidation sites excluding steroid dienone is 1. The van der Waals surface area contributed by atoms with E-state index < -0.39 is 0 Å². The molecule has 0 spiro atoms. The lowest BCUT2D eigenvalue weighted by Gasteiger charge is -2.04. The Morgan fingerprint density at radius 2 is 1.76 bits per heavy atom. The van der Waals surface area contributed by atoms with E-state index in [1.54, 1.807) is 0 Å². The molecule has 0 atom stereocenters. The molecule has 0 aliphatic carbocycles. The molecule has 0 amide bonds. The molecule has 0 saturated carbocycles. The molecule has 1 aromatic carbocycles. The van der Waals surface area contributed by atoms with Gasteiger partial charge in [0.05, 0.1) is 0 Å². The second-order valence-corrected chi connectivity index (χ2v) is 4.54. The quantitative estimate of drug-likeness (QED) is 0.557. The highest BCUT2D eigenvalue weighted by atomic mass is 14.8. The Balaban J connectivity index is 2.41. The van der Waals surface area contributed by atoms with Gasteiger partial charge in [-0.25, -0.2) is 0 Å². The molecule has 1 aromatic rings. The molecule has 94 valence electrons. The molecule has 0 aromatic heterocycles. The van der Waals surface area contributed by atoms with E-state index in [-0.39, 0.29) is 0 Å². The Morgan fingerprint density at radius 1 is 1.12 bits per heavy atom. The highest BCUT2D eigenvalue weighted by Crippen LogP contribution is 2.10. The van der Waals surface area contributed by atoms with Crippen molar-refractivity contribution in [3.63, 3.8) is 0 Å². The minimum absolute atomic E-state index is 1.06. The summed E-state index contributed by atoms with van der Waals surface area (Å²) in [6, 6.07) is 8.98. The molecular weight excluding hydrogens is 206 g/mol. The lowest BCUT2D eigenvalue weighted by Crippen LogP contribution is -2.13. The van der Waals surface area contributed by atoms with Gasteiger partial charge >= 0.3 is 0 Å². The van der Waals surface area contributed by atoms with Crippen LogP contribution in [0.25, 0.3) is 0 Å². The lowest BCUT2D eigenvalue weighted by molar-refractivity contribution is 0.724. The van der Waals surface area contributed by atoms with Crippen LogP contribution in [0.5, 0.6) is 0 Å². The third-order valence-electron chi connectivity index (χ3n) is 2.98. The van der Waals surface area contributed by atoms with E-state index in [0.29, 0.717) is 0 Å². The molecule has 0 radical (unpaired) electrons. The van der Waals surface area contributed by atoms with Crippen LogP contribution < -0.4 is 5.32 Å². The van der Waals surface area contributed by atoms with Gasteiger partial charge < -0.3 is 5.32 Å². The Kier molecular flexibility index (Phi) is 6.64. The molecule has 0 fully saturated rings. The Morgan fingerprint density at radius 3 is 2.35 bits per heavy atom. The van der Waals surface area contributed by atoms with E-state index in [1.165, 1.54) is 16.7 Å². The van der Waals surface area contributed by atoms with Crippen LogP contribution in [-0.4, -0.2) is 13.1 Å². The zero-order valence-corrected chi connectivity index (χ0v) is 11.4. The number of nitrogens with one attached hydrogen (secondary N) is 1. The summed E-state index contributed by atoms with van der Waals surface area (Å²) in [5.41, 5.74) is 4.30. The molecular formula is C16H25N. The van der Waals surface area contributed by atoms with Gasteiger partial charge in [-0.2, -0.15) is 0 Å². The predicted molar refractivity (Wildman–Crippen MR) is 76.4 cm³/mol. The zero-order valence-electron chi connectivity index (χ0n) is 11.4. The molecule has 1 rings (SSSR count). The maximum absolute atomic E-state index is 3.34. The van der Waals surface area contributed by atoms with Crippen LogP contribution in [0.1, 0.15) is 38.3 Å². The second-order valence-electron chi connectivity index (χ2n) is 4.54. The van der Waals surface area contributed by atoms with E-state index in [2.05, 4.69) is 56.4 Å². The number of benzene rings is 1. The fraction of sp³-hybridized carbons (Fsp3) is 0.500. The fourth-order valence-corrected chi connectivity index (χ4v) is 1.88. The van der Waals surface area contributed by atoms with E-state index in [0.717, 1.165) is 32.4 Å². The SMILES string of the molecule is CCNCCC=C(C)Cc1ccc(CC)cc1. The van der Waals surface area contributed by atoms with Gasteiger partial charge in [-0.3, -0.25) is 0 Å². The third-order valence-corrected chi connectivity index (χ3v) is 2.98. The summed E-state index contributed by atoms with van der Waals surface area (Å²) >= 11 is 0. The Bertz CT molecular complexity index is 335. The minimum Gasteiger partial charge on any atom is -0.317 e. The molecule has 0 saturated heterocycles. The van der Waals surface area contributed by atoms with Gasteiger partial charge in [0.2, 0.25) is 0 Å². The van der Waals surface area contributed by atoms with Gasteiger partial charge in [0, 0.05) is 0 Å². The minimum atomic E-state index is 1.06. The van der Waals surface area contributed by atoms with E-state index in [1.807, 2.05) is 0 Å². The van der Waals surface area contributed by atoms with Crippen molar-refractivity contribution in [3.05, 3.63) is 47.0 Å². The normalized spacial score (nSPS) is 11.8. The molecule has 1 N–H and O–H groups in total. The molecule has 17 heavy (non-hydrogen) atoms. The second kappa shape index (κ2) is 8.08. The number of rotatable bonds is 7. The first-order valence-electron chi connectivity index (χ1n) is 6.70. The first-order chi connectivity index (χ1) is 8.26. The summed E-state index contributed by atoms with van der Waals surface area (Å²) in [4.78, 5) is 0. The van der Waals surface area contributed by atoms with Crippen molar-refractivity contribution in [1.29, 1.82) is 0 Å². The summed E-state index contributed by atoms with van der Waals surface area (Å²) in [6.07, 6.45) is 5.68. The first-order valence-corrected chi connectivity index (χ1v) is 6.70. The molecule has 1 nitrogen and oxygen atoms in total. The van der Waals surface area contributed by atoms with Crippen LogP contribution in [0.15, 0.2) is 35.9 Å². The van der Waals surface area contributed by atoms with E-state index in [9.17, 15) is 0 Å². The Hall–Kier alpha value is -1.08. The molecule has 0 heterocycles. The summed E-state index contributed by atoms with van der Waals surface area (Å²) in [6.45, 7) is 8.71. The van der Waals surface area contributed by atoms with Crippen LogP contribution >= 0.6 is 0 Å². The summed E-state index contributed by atoms with van der Waals surface area (Å²) in [5, 5.41) is 3.34. The van der Waals surface area contributed by atoms with Crippen LogP contribution in [0.2, 0.25) is 0 Å². The van der Waals surface area contributed by atoms with Gasteiger partial charge in [-0.15, -0.1) is 0 Å². The third kappa shape index (κ3) is 5.69. The molecule has 1 heteroatoms. The topological polar surface area (TPSA) is 12.0 Å². The lowest BCUT2D eigenvalue weighted by atomic mass is 10.0. The predicted octanol–water partition coefficient (Wildman–Crippen LogP) is 3.74. The Labute approximate surface area is 106 Å². The van der Waals surface area contributed by atoms with Crippen LogP contribution in [0.4, 0.5) is 0 Å². The smallest absolute Gasteiger partial charge is 0.00143 e. The average molecular weight is 231 g/mol. The van der Waals surface area contributed by atoms with Gasteiger partial charge in [-0.1, -0.05) is 49.8 Å². The van der Waals surface area contributed by atoms with Crippen molar-refractivity contribution in [2.45, 2.75) is 40.0 Å². The maximum atomic E-state index is 3.34.